The molecule has 0 fully saturated rings. The van der Waals surface area contributed by atoms with E-state index in [1.54, 1.807) is 37.3 Å². The molecule has 0 aromatic heterocycles. The molecule has 2 rings (SSSR count). The predicted octanol–water partition coefficient (Wildman–Crippen LogP) is 3.21. The highest BCUT2D eigenvalue weighted by Gasteiger charge is 2.09. The smallest absolute Gasteiger partial charge is 0.251 e. The van der Waals surface area contributed by atoms with Crippen LogP contribution in [0.15, 0.2) is 36.4 Å². The zero-order valence-electron chi connectivity index (χ0n) is 12.0. The lowest BCUT2D eigenvalue weighted by Gasteiger charge is -2.13. The molecule has 0 aliphatic rings. The van der Waals surface area contributed by atoms with Crippen molar-refractivity contribution in [3.8, 4) is 0 Å². The number of amides is 1. The lowest BCUT2D eigenvalue weighted by Crippen LogP contribution is -2.22. The van der Waals surface area contributed by atoms with Crippen LogP contribution in [0.4, 0.5) is 21.5 Å². The molecule has 0 saturated heterocycles. The Labute approximate surface area is 123 Å². The third-order valence-corrected chi connectivity index (χ3v) is 3.19. The second-order valence-electron chi connectivity index (χ2n) is 4.70. The SMILES string of the molecule is CCNC(=O)c1ccc(Nc2cccc(F)c2C)c(N)c1. The van der Waals surface area contributed by atoms with Crippen molar-refractivity contribution in [1.82, 2.24) is 5.32 Å². The van der Waals surface area contributed by atoms with Gasteiger partial charge in [0.15, 0.2) is 0 Å². The van der Waals surface area contributed by atoms with Crippen molar-refractivity contribution in [1.29, 1.82) is 0 Å². The van der Waals surface area contributed by atoms with Gasteiger partial charge in [-0.25, -0.2) is 4.39 Å². The minimum atomic E-state index is -0.280. The molecule has 110 valence electrons. The van der Waals surface area contributed by atoms with Crippen molar-refractivity contribution in [3.05, 3.63) is 53.3 Å². The van der Waals surface area contributed by atoms with Crippen molar-refractivity contribution in [3.63, 3.8) is 0 Å². The molecule has 0 unspecified atom stereocenters. The number of nitrogens with one attached hydrogen (secondary N) is 2. The summed E-state index contributed by atoms with van der Waals surface area (Å²) in [6, 6.07) is 9.80. The van der Waals surface area contributed by atoms with Crippen LogP contribution in [0, 0.1) is 12.7 Å². The van der Waals surface area contributed by atoms with Gasteiger partial charge in [-0.2, -0.15) is 0 Å². The molecule has 0 spiro atoms. The number of carbonyl (C=O) groups is 1. The number of hydrogen-bond donors (Lipinski definition) is 3. The Hall–Kier alpha value is -2.56. The highest BCUT2D eigenvalue weighted by molar-refractivity contribution is 5.96. The molecule has 0 bridgehead atoms. The van der Waals surface area contributed by atoms with Gasteiger partial charge >= 0.3 is 0 Å². The van der Waals surface area contributed by atoms with Gasteiger partial charge in [-0.05, 0) is 44.2 Å². The van der Waals surface area contributed by atoms with E-state index in [0.717, 1.165) is 0 Å². The molecule has 2 aromatic rings. The fourth-order valence-corrected chi connectivity index (χ4v) is 1.97. The number of nitrogen functional groups attached to an aromatic ring is 1. The Morgan fingerprint density at radius 2 is 2.00 bits per heavy atom. The molecule has 4 nitrogen and oxygen atoms in total. The first-order valence-corrected chi connectivity index (χ1v) is 6.72. The number of anilines is 3. The van der Waals surface area contributed by atoms with Crippen LogP contribution in [-0.2, 0) is 0 Å². The van der Waals surface area contributed by atoms with E-state index in [-0.39, 0.29) is 11.7 Å². The van der Waals surface area contributed by atoms with E-state index in [1.807, 2.05) is 6.92 Å². The van der Waals surface area contributed by atoms with Gasteiger partial charge in [-0.3, -0.25) is 4.79 Å². The normalized spacial score (nSPS) is 10.2. The number of benzene rings is 2. The molecule has 0 saturated carbocycles. The van der Waals surface area contributed by atoms with Crippen LogP contribution in [0.2, 0.25) is 0 Å². The minimum absolute atomic E-state index is 0.169. The summed E-state index contributed by atoms with van der Waals surface area (Å²) in [5, 5.41) is 5.79. The van der Waals surface area contributed by atoms with Crippen molar-refractivity contribution < 1.29 is 9.18 Å². The first-order valence-electron chi connectivity index (χ1n) is 6.72. The van der Waals surface area contributed by atoms with E-state index < -0.39 is 0 Å². The van der Waals surface area contributed by atoms with Crippen LogP contribution in [0.1, 0.15) is 22.8 Å². The van der Waals surface area contributed by atoms with Crippen LogP contribution in [-0.4, -0.2) is 12.5 Å². The van der Waals surface area contributed by atoms with Crippen LogP contribution in [0.25, 0.3) is 0 Å². The summed E-state index contributed by atoms with van der Waals surface area (Å²) >= 11 is 0. The number of hydrogen-bond acceptors (Lipinski definition) is 3. The van der Waals surface area contributed by atoms with Crippen molar-refractivity contribution in [2.24, 2.45) is 0 Å². The van der Waals surface area contributed by atoms with E-state index in [0.29, 0.717) is 34.7 Å². The van der Waals surface area contributed by atoms with E-state index in [9.17, 15) is 9.18 Å². The third kappa shape index (κ3) is 3.31. The van der Waals surface area contributed by atoms with E-state index in [4.69, 9.17) is 5.73 Å². The standard InChI is InChI=1S/C16H18FN3O/c1-3-19-16(21)11-7-8-15(13(18)9-11)20-14-6-4-5-12(17)10(14)2/h4-9,20H,3,18H2,1-2H3,(H,19,21). The highest BCUT2D eigenvalue weighted by atomic mass is 19.1. The van der Waals surface area contributed by atoms with Gasteiger partial charge in [0.05, 0.1) is 11.4 Å². The summed E-state index contributed by atoms with van der Waals surface area (Å²) in [6.07, 6.45) is 0. The second kappa shape index (κ2) is 6.26. The van der Waals surface area contributed by atoms with E-state index in [1.165, 1.54) is 6.07 Å². The summed E-state index contributed by atoms with van der Waals surface area (Å²) in [6.45, 7) is 4.10. The maximum Gasteiger partial charge on any atom is 0.251 e. The number of rotatable bonds is 4. The second-order valence-corrected chi connectivity index (χ2v) is 4.70. The Morgan fingerprint density at radius 3 is 2.67 bits per heavy atom. The zero-order chi connectivity index (χ0) is 15.4. The van der Waals surface area contributed by atoms with Crippen LogP contribution in [0.5, 0.6) is 0 Å². The quantitative estimate of drug-likeness (QED) is 0.756. The number of nitrogens with two attached hydrogens (primary N) is 1. The predicted molar refractivity (Wildman–Crippen MR) is 83.3 cm³/mol. The summed E-state index contributed by atoms with van der Waals surface area (Å²) in [4.78, 5) is 11.7. The molecule has 4 N–H and O–H groups in total. The average molecular weight is 287 g/mol. The molecule has 0 aliphatic carbocycles. The Balaban J connectivity index is 2.25. The van der Waals surface area contributed by atoms with Gasteiger partial charge in [0.2, 0.25) is 0 Å². The number of carbonyl (C=O) groups excluding carboxylic acids is 1. The van der Waals surface area contributed by atoms with Gasteiger partial charge in [-0.1, -0.05) is 6.07 Å². The van der Waals surface area contributed by atoms with Gasteiger partial charge in [-0.15, -0.1) is 0 Å². The topological polar surface area (TPSA) is 67.2 Å². The van der Waals surface area contributed by atoms with E-state index >= 15 is 0 Å². The van der Waals surface area contributed by atoms with Gasteiger partial charge in [0.25, 0.3) is 5.91 Å². The molecular formula is C16H18FN3O. The fraction of sp³-hybridized carbons (Fsp3) is 0.188. The molecule has 0 heterocycles. The van der Waals surface area contributed by atoms with Gasteiger partial charge in [0, 0.05) is 23.4 Å². The largest absolute Gasteiger partial charge is 0.397 e. The molecule has 0 aliphatic heterocycles. The summed E-state index contributed by atoms with van der Waals surface area (Å²) < 4.78 is 13.5. The third-order valence-electron chi connectivity index (χ3n) is 3.19. The molecule has 2 aromatic carbocycles. The lowest BCUT2D eigenvalue weighted by molar-refractivity contribution is 0.0956. The Bertz CT molecular complexity index is 671. The summed E-state index contributed by atoms with van der Waals surface area (Å²) in [5.74, 6) is -0.449. The monoisotopic (exact) mass is 287 g/mol. The zero-order valence-corrected chi connectivity index (χ0v) is 12.0. The lowest BCUT2D eigenvalue weighted by atomic mass is 10.1. The first kappa shape index (κ1) is 14.8. The van der Waals surface area contributed by atoms with Crippen LogP contribution in [0.3, 0.4) is 0 Å². The van der Waals surface area contributed by atoms with Crippen molar-refractivity contribution >= 4 is 23.0 Å². The maximum atomic E-state index is 13.5. The molecule has 5 heteroatoms. The molecule has 21 heavy (non-hydrogen) atoms. The van der Waals surface area contributed by atoms with Crippen molar-refractivity contribution in [2.75, 3.05) is 17.6 Å². The maximum absolute atomic E-state index is 13.5. The Kier molecular flexibility index (Phi) is 4.42. The van der Waals surface area contributed by atoms with Crippen LogP contribution < -0.4 is 16.4 Å². The highest BCUT2D eigenvalue weighted by Crippen LogP contribution is 2.27. The molecule has 1 amide bonds. The average Bonchev–Trinajstić information content (AvgIpc) is 2.46. The number of halogens is 1. The fourth-order valence-electron chi connectivity index (χ4n) is 1.97. The first-order chi connectivity index (χ1) is 10.0. The van der Waals surface area contributed by atoms with E-state index in [2.05, 4.69) is 10.6 Å². The van der Waals surface area contributed by atoms with Crippen LogP contribution >= 0.6 is 0 Å². The van der Waals surface area contributed by atoms with Gasteiger partial charge in [0.1, 0.15) is 5.82 Å². The minimum Gasteiger partial charge on any atom is -0.397 e. The molecule has 0 atom stereocenters. The van der Waals surface area contributed by atoms with Gasteiger partial charge < -0.3 is 16.4 Å². The summed E-state index contributed by atoms with van der Waals surface area (Å²) in [7, 11) is 0. The Morgan fingerprint density at radius 1 is 1.24 bits per heavy atom. The van der Waals surface area contributed by atoms with Crippen molar-refractivity contribution in [2.45, 2.75) is 13.8 Å². The molecular weight excluding hydrogens is 269 g/mol. The summed E-state index contributed by atoms with van der Waals surface area (Å²) in [5.41, 5.74) is 8.68. The molecule has 0 radical (unpaired) electrons.